The molecule has 1 aliphatic rings. The van der Waals surface area contributed by atoms with E-state index in [2.05, 4.69) is 29.3 Å². The number of aliphatic hydroxyl groups excluding tert-OH is 1. The van der Waals surface area contributed by atoms with E-state index in [1.807, 2.05) is 12.1 Å². The van der Waals surface area contributed by atoms with E-state index in [-0.39, 0.29) is 6.10 Å². The van der Waals surface area contributed by atoms with Crippen LogP contribution < -0.4 is 10.2 Å². The Hall–Kier alpha value is -1.06. The number of benzene rings is 1. The minimum Gasteiger partial charge on any atom is -0.389 e. The van der Waals surface area contributed by atoms with Crippen molar-refractivity contribution in [3.8, 4) is 0 Å². The molecular weight excluding hydrogens is 200 g/mol. The van der Waals surface area contributed by atoms with Gasteiger partial charge in [0, 0.05) is 31.4 Å². The maximum Gasteiger partial charge on any atom is 0.0761 e. The minimum atomic E-state index is -0.380. The number of piperazine rings is 1. The standard InChI is InChI=1S/C13H20N2O/c1-10-9-14-7-8-15(10)13-5-3-12(4-6-13)11(2)16/h3-6,10-11,14,16H,7-9H2,1-2H3. The van der Waals surface area contributed by atoms with Crippen LogP contribution in [0.2, 0.25) is 0 Å². The molecule has 0 aromatic heterocycles. The molecule has 1 heterocycles. The van der Waals surface area contributed by atoms with Crippen molar-refractivity contribution in [2.45, 2.75) is 26.0 Å². The largest absolute Gasteiger partial charge is 0.389 e. The van der Waals surface area contributed by atoms with Gasteiger partial charge in [0.2, 0.25) is 0 Å². The average Bonchev–Trinajstić information content (AvgIpc) is 2.30. The molecular formula is C13H20N2O. The first-order valence-electron chi connectivity index (χ1n) is 5.94. The highest BCUT2D eigenvalue weighted by atomic mass is 16.3. The quantitative estimate of drug-likeness (QED) is 0.793. The van der Waals surface area contributed by atoms with E-state index in [4.69, 9.17) is 0 Å². The lowest BCUT2D eigenvalue weighted by Crippen LogP contribution is -2.49. The maximum atomic E-state index is 9.45. The second-order valence-electron chi connectivity index (χ2n) is 4.51. The summed E-state index contributed by atoms with van der Waals surface area (Å²) in [6, 6.07) is 8.75. The highest BCUT2D eigenvalue weighted by molar-refractivity contribution is 5.49. The maximum absolute atomic E-state index is 9.45. The highest BCUT2D eigenvalue weighted by Crippen LogP contribution is 2.21. The third-order valence-electron chi connectivity index (χ3n) is 3.21. The van der Waals surface area contributed by atoms with Gasteiger partial charge in [-0.25, -0.2) is 0 Å². The van der Waals surface area contributed by atoms with E-state index >= 15 is 0 Å². The predicted molar refractivity (Wildman–Crippen MR) is 66.8 cm³/mol. The van der Waals surface area contributed by atoms with Crippen LogP contribution >= 0.6 is 0 Å². The molecule has 16 heavy (non-hydrogen) atoms. The molecule has 1 saturated heterocycles. The molecule has 3 nitrogen and oxygen atoms in total. The van der Waals surface area contributed by atoms with E-state index in [1.54, 1.807) is 6.92 Å². The Morgan fingerprint density at radius 1 is 1.38 bits per heavy atom. The summed E-state index contributed by atoms with van der Waals surface area (Å²) < 4.78 is 0. The minimum absolute atomic E-state index is 0.380. The smallest absolute Gasteiger partial charge is 0.0761 e. The first-order chi connectivity index (χ1) is 7.68. The summed E-state index contributed by atoms with van der Waals surface area (Å²) in [5.74, 6) is 0. The van der Waals surface area contributed by atoms with Gasteiger partial charge in [-0.3, -0.25) is 0 Å². The van der Waals surface area contributed by atoms with E-state index < -0.39 is 0 Å². The summed E-state index contributed by atoms with van der Waals surface area (Å²) in [7, 11) is 0. The molecule has 88 valence electrons. The fourth-order valence-corrected chi connectivity index (χ4v) is 2.17. The van der Waals surface area contributed by atoms with Gasteiger partial charge in [-0.15, -0.1) is 0 Å². The molecule has 0 radical (unpaired) electrons. The topological polar surface area (TPSA) is 35.5 Å². The number of nitrogens with one attached hydrogen (secondary N) is 1. The highest BCUT2D eigenvalue weighted by Gasteiger charge is 2.17. The number of hydrogen-bond acceptors (Lipinski definition) is 3. The van der Waals surface area contributed by atoms with Crippen molar-refractivity contribution in [2.24, 2.45) is 0 Å². The Labute approximate surface area is 97.1 Å². The van der Waals surface area contributed by atoms with Crippen LogP contribution in [0.1, 0.15) is 25.5 Å². The van der Waals surface area contributed by atoms with Gasteiger partial charge in [-0.2, -0.15) is 0 Å². The molecule has 1 fully saturated rings. The van der Waals surface area contributed by atoms with Crippen LogP contribution in [0, 0.1) is 0 Å². The zero-order valence-corrected chi connectivity index (χ0v) is 9.98. The van der Waals surface area contributed by atoms with E-state index in [0.717, 1.165) is 25.2 Å². The van der Waals surface area contributed by atoms with Crippen molar-refractivity contribution in [2.75, 3.05) is 24.5 Å². The van der Waals surface area contributed by atoms with Crippen molar-refractivity contribution >= 4 is 5.69 Å². The lowest BCUT2D eigenvalue weighted by atomic mass is 10.1. The van der Waals surface area contributed by atoms with Crippen LogP contribution in [0.25, 0.3) is 0 Å². The molecule has 3 heteroatoms. The van der Waals surface area contributed by atoms with Crippen LogP contribution in [0.3, 0.4) is 0 Å². The number of hydrogen-bond donors (Lipinski definition) is 2. The van der Waals surface area contributed by atoms with Gasteiger partial charge in [0.05, 0.1) is 6.10 Å². The Balaban J connectivity index is 2.14. The first-order valence-corrected chi connectivity index (χ1v) is 5.94. The Morgan fingerprint density at radius 3 is 2.62 bits per heavy atom. The van der Waals surface area contributed by atoms with Crippen molar-refractivity contribution < 1.29 is 5.11 Å². The molecule has 2 rings (SSSR count). The Morgan fingerprint density at radius 2 is 2.06 bits per heavy atom. The third-order valence-corrected chi connectivity index (χ3v) is 3.21. The molecule has 2 atom stereocenters. The van der Waals surface area contributed by atoms with E-state index in [9.17, 15) is 5.11 Å². The third kappa shape index (κ3) is 2.36. The summed E-state index contributed by atoms with van der Waals surface area (Å²) in [5, 5.41) is 12.8. The van der Waals surface area contributed by atoms with Crippen LogP contribution in [0.5, 0.6) is 0 Å². The van der Waals surface area contributed by atoms with E-state index in [0.29, 0.717) is 6.04 Å². The van der Waals surface area contributed by atoms with Crippen molar-refractivity contribution in [3.05, 3.63) is 29.8 Å². The van der Waals surface area contributed by atoms with Crippen molar-refractivity contribution in [1.29, 1.82) is 0 Å². The molecule has 0 saturated carbocycles. The second kappa shape index (κ2) is 4.85. The van der Waals surface area contributed by atoms with Gasteiger partial charge < -0.3 is 15.3 Å². The molecule has 2 unspecified atom stereocenters. The monoisotopic (exact) mass is 220 g/mol. The summed E-state index contributed by atoms with van der Waals surface area (Å²) in [4.78, 5) is 2.41. The van der Waals surface area contributed by atoms with Gasteiger partial charge in [-0.1, -0.05) is 12.1 Å². The average molecular weight is 220 g/mol. The molecule has 0 spiro atoms. The molecule has 1 aromatic rings. The molecule has 0 bridgehead atoms. The van der Waals surface area contributed by atoms with Crippen LogP contribution in [-0.4, -0.2) is 30.8 Å². The number of nitrogens with zero attached hydrogens (tertiary/aromatic N) is 1. The Kier molecular flexibility index (Phi) is 3.46. The summed E-state index contributed by atoms with van der Waals surface area (Å²) in [5.41, 5.74) is 2.23. The van der Waals surface area contributed by atoms with Crippen LogP contribution in [0.4, 0.5) is 5.69 Å². The lowest BCUT2D eigenvalue weighted by Gasteiger charge is -2.36. The zero-order valence-electron chi connectivity index (χ0n) is 9.98. The number of rotatable bonds is 2. The van der Waals surface area contributed by atoms with Gasteiger partial charge >= 0.3 is 0 Å². The number of anilines is 1. The zero-order chi connectivity index (χ0) is 11.5. The van der Waals surface area contributed by atoms with Crippen LogP contribution in [0.15, 0.2) is 24.3 Å². The molecule has 0 amide bonds. The van der Waals surface area contributed by atoms with Crippen molar-refractivity contribution in [1.82, 2.24) is 5.32 Å². The summed E-state index contributed by atoms with van der Waals surface area (Å²) in [6.45, 7) is 7.16. The molecule has 1 aliphatic heterocycles. The molecule has 2 N–H and O–H groups in total. The normalized spacial score (nSPS) is 23.2. The summed E-state index contributed by atoms with van der Waals surface area (Å²) >= 11 is 0. The molecule has 1 aromatic carbocycles. The van der Waals surface area contributed by atoms with Gasteiger partial charge in [0.25, 0.3) is 0 Å². The predicted octanol–water partition coefficient (Wildman–Crippen LogP) is 1.54. The second-order valence-corrected chi connectivity index (χ2v) is 4.51. The lowest BCUT2D eigenvalue weighted by molar-refractivity contribution is 0.199. The number of aliphatic hydroxyl groups is 1. The first kappa shape index (κ1) is 11.4. The summed E-state index contributed by atoms with van der Waals surface area (Å²) in [6.07, 6.45) is -0.380. The fraction of sp³-hybridized carbons (Fsp3) is 0.538. The SMILES string of the molecule is CC(O)c1ccc(N2CCNCC2C)cc1. The van der Waals surface area contributed by atoms with Gasteiger partial charge in [0.1, 0.15) is 0 Å². The molecule has 0 aliphatic carbocycles. The van der Waals surface area contributed by atoms with Gasteiger partial charge in [-0.05, 0) is 31.5 Å². The van der Waals surface area contributed by atoms with E-state index in [1.165, 1.54) is 5.69 Å². The van der Waals surface area contributed by atoms with Gasteiger partial charge in [0.15, 0.2) is 0 Å². The Bertz CT molecular complexity index is 334. The van der Waals surface area contributed by atoms with Crippen LogP contribution in [-0.2, 0) is 0 Å². The van der Waals surface area contributed by atoms with Crippen molar-refractivity contribution in [3.63, 3.8) is 0 Å². The fourth-order valence-electron chi connectivity index (χ4n) is 2.17.